The van der Waals surface area contributed by atoms with Crippen molar-refractivity contribution in [1.82, 2.24) is 4.90 Å². The van der Waals surface area contributed by atoms with E-state index in [9.17, 15) is 18.4 Å². The van der Waals surface area contributed by atoms with E-state index in [1.807, 2.05) is 0 Å². The summed E-state index contributed by atoms with van der Waals surface area (Å²) >= 11 is 4.84. The minimum Gasteiger partial charge on any atom is -0.444 e. The third-order valence-corrected chi connectivity index (χ3v) is 3.05. The highest BCUT2D eigenvalue weighted by Gasteiger charge is 2.42. The third kappa shape index (κ3) is 4.93. The van der Waals surface area contributed by atoms with Gasteiger partial charge in [0.15, 0.2) is 0 Å². The summed E-state index contributed by atoms with van der Waals surface area (Å²) < 4.78 is 31.5. The average Bonchev–Trinajstić information content (AvgIpc) is 2.62. The van der Waals surface area contributed by atoms with Crippen LogP contribution in [0.5, 0.6) is 0 Å². The van der Waals surface area contributed by atoms with Crippen LogP contribution in [0.15, 0.2) is 0 Å². The van der Waals surface area contributed by atoms with Crippen molar-refractivity contribution in [1.29, 1.82) is 0 Å². The number of ether oxygens (including phenoxy) is 1. The zero-order chi connectivity index (χ0) is 14.8. The van der Waals surface area contributed by atoms with E-state index in [1.54, 1.807) is 20.8 Å². The number of carbonyl (C=O) groups is 2. The summed E-state index contributed by atoms with van der Waals surface area (Å²) in [6.45, 7) is 5.72. The molecule has 1 fully saturated rings. The van der Waals surface area contributed by atoms with Gasteiger partial charge >= 0.3 is 12.0 Å². The van der Waals surface area contributed by atoms with E-state index in [4.69, 9.17) is 16.3 Å². The van der Waals surface area contributed by atoms with Gasteiger partial charge in [0.2, 0.25) is 0 Å². The Bertz CT molecular complexity index is 368. The lowest BCUT2D eigenvalue weighted by atomic mass is 10.0. The molecular formula is C12H18ClF2NO3. The van der Waals surface area contributed by atoms with Gasteiger partial charge in [-0.05, 0) is 44.7 Å². The molecule has 1 rings (SSSR count). The lowest BCUT2D eigenvalue weighted by Gasteiger charge is -2.24. The van der Waals surface area contributed by atoms with Gasteiger partial charge < -0.3 is 9.64 Å². The van der Waals surface area contributed by atoms with Crippen molar-refractivity contribution in [2.24, 2.45) is 5.92 Å². The summed E-state index contributed by atoms with van der Waals surface area (Å²) in [6, 6.07) is 0. The van der Waals surface area contributed by atoms with Crippen LogP contribution in [0.3, 0.4) is 0 Å². The molecule has 0 spiro atoms. The lowest BCUT2D eigenvalue weighted by Crippen LogP contribution is -2.36. The molecule has 19 heavy (non-hydrogen) atoms. The van der Waals surface area contributed by atoms with Crippen molar-refractivity contribution in [2.75, 3.05) is 13.1 Å². The van der Waals surface area contributed by atoms with E-state index in [-0.39, 0.29) is 6.54 Å². The van der Waals surface area contributed by atoms with Crippen molar-refractivity contribution in [3.8, 4) is 0 Å². The fraction of sp³-hybridized carbons (Fsp3) is 0.833. The predicted octanol–water partition coefficient (Wildman–Crippen LogP) is 3.03. The largest absolute Gasteiger partial charge is 0.444 e. The van der Waals surface area contributed by atoms with Gasteiger partial charge in [0.25, 0.3) is 5.24 Å². The standard InChI is InChI=1S/C12H18ClF2NO3/c1-11(2,3)19-10(18)16-5-4-8(7-16)6-12(14,15)9(13)17/h8H,4-7H2,1-3H3. The number of amides is 1. The van der Waals surface area contributed by atoms with E-state index < -0.39 is 35.2 Å². The first-order chi connectivity index (χ1) is 8.51. The van der Waals surface area contributed by atoms with Crippen LogP contribution in [0.1, 0.15) is 33.6 Å². The molecule has 1 amide bonds. The van der Waals surface area contributed by atoms with Crippen LogP contribution in [-0.4, -0.2) is 40.8 Å². The normalized spacial score (nSPS) is 20.5. The smallest absolute Gasteiger partial charge is 0.410 e. The molecule has 0 saturated carbocycles. The van der Waals surface area contributed by atoms with Crippen LogP contribution in [-0.2, 0) is 9.53 Å². The summed E-state index contributed by atoms with van der Waals surface area (Å²) in [7, 11) is 0. The fourth-order valence-electron chi connectivity index (χ4n) is 1.93. The predicted molar refractivity (Wildman–Crippen MR) is 66.3 cm³/mol. The van der Waals surface area contributed by atoms with Crippen molar-refractivity contribution in [3.05, 3.63) is 0 Å². The summed E-state index contributed by atoms with van der Waals surface area (Å²) in [5.74, 6) is -3.97. The highest BCUT2D eigenvalue weighted by Crippen LogP contribution is 2.31. The second-order valence-electron chi connectivity index (χ2n) is 5.76. The summed E-state index contributed by atoms with van der Waals surface area (Å²) in [5.41, 5.74) is -0.620. The fourth-order valence-corrected chi connectivity index (χ4v) is 2.01. The van der Waals surface area contributed by atoms with Crippen LogP contribution >= 0.6 is 11.6 Å². The highest BCUT2D eigenvalue weighted by atomic mass is 35.5. The molecule has 1 aliphatic rings. The maximum Gasteiger partial charge on any atom is 0.410 e. The summed E-state index contributed by atoms with van der Waals surface area (Å²) in [6.07, 6.45) is -0.733. The van der Waals surface area contributed by atoms with Crippen LogP contribution < -0.4 is 0 Å². The Hall–Kier alpha value is -0.910. The average molecular weight is 298 g/mol. The first-order valence-electron chi connectivity index (χ1n) is 6.07. The number of alkyl halides is 2. The molecular weight excluding hydrogens is 280 g/mol. The summed E-state index contributed by atoms with van der Waals surface area (Å²) in [4.78, 5) is 23.7. The van der Waals surface area contributed by atoms with Gasteiger partial charge in [-0.1, -0.05) is 0 Å². The molecule has 1 saturated heterocycles. The lowest BCUT2D eigenvalue weighted by molar-refractivity contribution is -0.136. The number of rotatable bonds is 3. The first-order valence-corrected chi connectivity index (χ1v) is 6.45. The topological polar surface area (TPSA) is 46.6 Å². The zero-order valence-electron chi connectivity index (χ0n) is 11.2. The monoisotopic (exact) mass is 297 g/mol. The van der Waals surface area contributed by atoms with Crippen LogP contribution in [0.2, 0.25) is 0 Å². The third-order valence-electron chi connectivity index (χ3n) is 2.77. The van der Waals surface area contributed by atoms with Gasteiger partial charge in [-0.25, -0.2) is 4.79 Å². The molecule has 0 aromatic rings. The van der Waals surface area contributed by atoms with Crippen molar-refractivity contribution < 1.29 is 23.1 Å². The number of hydrogen-bond acceptors (Lipinski definition) is 3. The Kier molecular flexibility index (Phi) is 4.76. The molecule has 1 aliphatic heterocycles. The van der Waals surface area contributed by atoms with E-state index in [1.165, 1.54) is 4.90 Å². The molecule has 1 atom stereocenters. The van der Waals surface area contributed by atoms with Crippen LogP contribution in [0.25, 0.3) is 0 Å². The molecule has 0 bridgehead atoms. The number of hydrogen-bond donors (Lipinski definition) is 0. The zero-order valence-corrected chi connectivity index (χ0v) is 12.0. The molecule has 0 aromatic carbocycles. The number of nitrogens with zero attached hydrogens (tertiary/aromatic N) is 1. The van der Waals surface area contributed by atoms with Crippen molar-refractivity contribution in [2.45, 2.75) is 45.1 Å². The van der Waals surface area contributed by atoms with E-state index >= 15 is 0 Å². The van der Waals surface area contributed by atoms with Crippen molar-refractivity contribution in [3.63, 3.8) is 0 Å². The van der Waals surface area contributed by atoms with Gasteiger partial charge in [-0.3, -0.25) is 4.79 Å². The highest BCUT2D eigenvalue weighted by molar-refractivity contribution is 6.65. The van der Waals surface area contributed by atoms with Gasteiger partial charge in [0.1, 0.15) is 5.60 Å². The van der Waals surface area contributed by atoms with E-state index in [2.05, 4.69) is 0 Å². The van der Waals surface area contributed by atoms with Gasteiger partial charge in [-0.15, -0.1) is 0 Å². The molecule has 0 radical (unpaired) electrons. The number of halogens is 3. The van der Waals surface area contributed by atoms with Crippen LogP contribution in [0, 0.1) is 5.92 Å². The van der Waals surface area contributed by atoms with Gasteiger partial charge in [0, 0.05) is 19.5 Å². The first kappa shape index (κ1) is 16.1. The Morgan fingerprint density at radius 1 is 1.37 bits per heavy atom. The second-order valence-corrected chi connectivity index (χ2v) is 6.11. The molecule has 0 aromatic heterocycles. The van der Waals surface area contributed by atoms with E-state index in [0.717, 1.165) is 0 Å². The molecule has 4 nitrogen and oxygen atoms in total. The summed E-state index contributed by atoms with van der Waals surface area (Å²) in [5, 5.41) is -1.65. The number of likely N-dealkylation sites (tertiary alicyclic amines) is 1. The maximum atomic E-state index is 13.2. The quantitative estimate of drug-likeness (QED) is 0.752. The minimum absolute atomic E-state index is 0.161. The molecule has 1 heterocycles. The van der Waals surface area contributed by atoms with Crippen molar-refractivity contribution >= 4 is 22.9 Å². The molecule has 1 unspecified atom stereocenters. The number of carbonyl (C=O) groups excluding carboxylic acids is 2. The molecule has 0 aliphatic carbocycles. The Labute approximate surface area is 116 Å². The maximum absolute atomic E-state index is 13.2. The Morgan fingerprint density at radius 2 is 1.95 bits per heavy atom. The Balaban J connectivity index is 2.50. The second kappa shape index (κ2) is 5.61. The van der Waals surface area contributed by atoms with Gasteiger partial charge in [-0.2, -0.15) is 8.78 Å². The molecule has 110 valence electrons. The van der Waals surface area contributed by atoms with Gasteiger partial charge in [0.05, 0.1) is 0 Å². The van der Waals surface area contributed by atoms with Crippen LogP contribution in [0.4, 0.5) is 13.6 Å². The molecule has 7 heteroatoms. The Morgan fingerprint density at radius 3 is 2.42 bits per heavy atom. The minimum atomic E-state index is -3.53. The van der Waals surface area contributed by atoms with E-state index in [0.29, 0.717) is 13.0 Å². The SMILES string of the molecule is CC(C)(C)OC(=O)N1CCC(CC(F)(F)C(=O)Cl)C1. The molecule has 0 N–H and O–H groups in total.